The fourth-order valence-corrected chi connectivity index (χ4v) is 5.32. The number of hydrogen-bond donors (Lipinski definition) is 2. The number of carbonyl (C=O) groups excluding carboxylic acids is 1. The van der Waals surface area contributed by atoms with E-state index in [1.54, 1.807) is 17.5 Å². The smallest absolute Gasteiger partial charge is 0.230 e. The first kappa shape index (κ1) is 19.8. The van der Waals surface area contributed by atoms with E-state index in [1.165, 1.54) is 11.3 Å². The molecule has 5 rings (SSSR count). The lowest BCUT2D eigenvalue weighted by atomic mass is 10.1. The van der Waals surface area contributed by atoms with Crippen molar-refractivity contribution in [1.82, 2.24) is 20.2 Å². The van der Waals surface area contributed by atoms with Crippen LogP contribution in [-0.4, -0.2) is 45.2 Å². The predicted octanol–water partition coefficient (Wildman–Crippen LogP) is 3.72. The minimum atomic E-state index is -0.0928. The lowest BCUT2D eigenvalue weighted by molar-refractivity contribution is -0.115. The van der Waals surface area contributed by atoms with Crippen LogP contribution >= 0.6 is 22.7 Å². The molecule has 2 N–H and O–H groups in total. The van der Waals surface area contributed by atoms with Crippen LogP contribution in [0.1, 0.15) is 17.5 Å². The van der Waals surface area contributed by atoms with Gasteiger partial charge in [-0.1, -0.05) is 52.5 Å². The first-order valence-corrected chi connectivity index (χ1v) is 11.7. The average molecular weight is 452 g/mol. The molecule has 1 aromatic carbocycles. The van der Waals surface area contributed by atoms with Crippen molar-refractivity contribution in [3.63, 3.8) is 0 Å². The summed E-state index contributed by atoms with van der Waals surface area (Å²) < 4.78 is 1.10. The largest absolute Gasteiger partial charge is 0.355 e. The fourth-order valence-electron chi connectivity index (χ4n) is 3.62. The van der Waals surface area contributed by atoms with Gasteiger partial charge in [-0.15, -0.1) is 10.2 Å². The van der Waals surface area contributed by atoms with Gasteiger partial charge in [0.1, 0.15) is 0 Å². The highest BCUT2D eigenvalue weighted by Gasteiger charge is 2.26. The van der Waals surface area contributed by atoms with Gasteiger partial charge in [-0.3, -0.25) is 4.79 Å². The van der Waals surface area contributed by atoms with E-state index in [9.17, 15) is 4.79 Å². The zero-order valence-corrected chi connectivity index (χ0v) is 18.5. The van der Waals surface area contributed by atoms with Crippen LogP contribution in [0.4, 0.5) is 15.4 Å². The van der Waals surface area contributed by atoms with Gasteiger partial charge < -0.3 is 15.5 Å². The maximum Gasteiger partial charge on any atom is 0.230 e. The Bertz CT molecular complexity index is 1190. The van der Waals surface area contributed by atoms with Gasteiger partial charge in [0.2, 0.25) is 16.2 Å². The summed E-state index contributed by atoms with van der Waals surface area (Å²) in [5, 5.41) is 16.8. The number of pyridine rings is 1. The molecule has 1 aliphatic rings. The van der Waals surface area contributed by atoms with Crippen LogP contribution in [0.25, 0.3) is 10.3 Å². The van der Waals surface area contributed by atoms with E-state index in [4.69, 9.17) is 0 Å². The van der Waals surface area contributed by atoms with Crippen LogP contribution in [-0.2, 0) is 11.2 Å². The van der Waals surface area contributed by atoms with Crippen molar-refractivity contribution in [2.45, 2.75) is 25.8 Å². The molecule has 0 unspecified atom stereocenters. The van der Waals surface area contributed by atoms with Crippen molar-refractivity contribution in [1.29, 1.82) is 0 Å². The van der Waals surface area contributed by atoms with E-state index in [0.717, 1.165) is 46.1 Å². The van der Waals surface area contributed by atoms with E-state index >= 15 is 0 Å². The Balaban J connectivity index is 1.16. The Morgan fingerprint density at radius 1 is 1.19 bits per heavy atom. The number of aromatic nitrogens is 4. The molecule has 0 bridgehead atoms. The first-order chi connectivity index (χ1) is 15.1. The lowest BCUT2D eigenvalue weighted by Crippen LogP contribution is -2.25. The molecular formula is C21H21N7OS2. The highest BCUT2D eigenvalue weighted by atomic mass is 32.1. The monoisotopic (exact) mass is 451 g/mol. The molecule has 158 valence electrons. The number of hydrogen-bond acceptors (Lipinski definition) is 9. The number of anilines is 3. The van der Waals surface area contributed by atoms with Gasteiger partial charge in [0.15, 0.2) is 10.8 Å². The minimum absolute atomic E-state index is 0.0928. The third-order valence-corrected chi connectivity index (χ3v) is 6.90. The van der Waals surface area contributed by atoms with Gasteiger partial charge >= 0.3 is 0 Å². The standard InChI is InChI=1S/C21H21N7OS2/c1-13-4-2-5-14(10-13)11-17(29)24-20-27-26-19(31-20)23-15-7-9-28(12-15)21-25-18-16(30-21)6-3-8-22-18/h2-6,8,10,15H,7,9,11-12H2,1H3,(H,23,26)(H,24,27,29)/t15-/m1/s1. The molecule has 31 heavy (non-hydrogen) atoms. The van der Waals surface area contributed by atoms with Crippen molar-refractivity contribution in [2.75, 3.05) is 28.6 Å². The molecule has 4 heterocycles. The summed E-state index contributed by atoms with van der Waals surface area (Å²) in [5.41, 5.74) is 2.92. The average Bonchev–Trinajstić information content (AvgIpc) is 3.47. The van der Waals surface area contributed by atoms with Gasteiger partial charge in [0, 0.05) is 25.3 Å². The van der Waals surface area contributed by atoms with E-state index in [0.29, 0.717) is 16.7 Å². The van der Waals surface area contributed by atoms with Gasteiger partial charge in [0.25, 0.3) is 0 Å². The molecule has 1 atom stereocenters. The van der Waals surface area contributed by atoms with E-state index in [2.05, 4.69) is 35.7 Å². The first-order valence-electron chi connectivity index (χ1n) is 10.0. The molecule has 10 heteroatoms. The zero-order valence-electron chi connectivity index (χ0n) is 16.9. The molecule has 8 nitrogen and oxygen atoms in total. The number of nitrogens with one attached hydrogen (secondary N) is 2. The summed E-state index contributed by atoms with van der Waals surface area (Å²) >= 11 is 3.02. The van der Waals surface area contributed by atoms with E-state index < -0.39 is 0 Å². The Kier molecular flexibility index (Phi) is 5.47. The van der Waals surface area contributed by atoms with Crippen LogP contribution in [0.15, 0.2) is 42.6 Å². The van der Waals surface area contributed by atoms with E-state index in [-0.39, 0.29) is 11.9 Å². The van der Waals surface area contributed by atoms with Gasteiger partial charge in [-0.05, 0) is 31.0 Å². The molecule has 0 aliphatic carbocycles. The molecule has 1 aliphatic heterocycles. The molecule has 1 saturated heterocycles. The molecule has 0 radical (unpaired) electrons. The maximum absolute atomic E-state index is 12.3. The number of aryl methyl sites for hydroxylation is 1. The highest BCUT2D eigenvalue weighted by molar-refractivity contribution is 7.22. The van der Waals surface area contributed by atoms with Crippen LogP contribution < -0.4 is 15.5 Å². The molecule has 1 fully saturated rings. The molecule has 0 saturated carbocycles. The lowest BCUT2D eigenvalue weighted by Gasteiger charge is -2.14. The SMILES string of the molecule is Cc1cccc(CC(=O)Nc2nnc(N[C@@H]3CCN(c4nc5ncccc5s4)C3)s2)c1. The quantitative estimate of drug-likeness (QED) is 0.461. The Hall–Kier alpha value is -3.11. The topological polar surface area (TPSA) is 95.9 Å². The third-order valence-electron chi connectivity index (χ3n) is 5.06. The molecule has 1 amide bonds. The second kappa shape index (κ2) is 8.56. The zero-order chi connectivity index (χ0) is 21.2. The van der Waals surface area contributed by atoms with Crippen molar-refractivity contribution < 1.29 is 4.79 Å². The van der Waals surface area contributed by atoms with Crippen LogP contribution in [0.3, 0.4) is 0 Å². The summed E-state index contributed by atoms with van der Waals surface area (Å²) in [4.78, 5) is 23.6. The Labute approximate surface area is 187 Å². The van der Waals surface area contributed by atoms with Gasteiger partial charge in [0.05, 0.1) is 11.1 Å². The number of benzene rings is 1. The number of thiazole rings is 1. The summed E-state index contributed by atoms with van der Waals surface area (Å²) in [5.74, 6) is -0.0928. The van der Waals surface area contributed by atoms with Gasteiger partial charge in [-0.2, -0.15) is 4.98 Å². The van der Waals surface area contributed by atoms with Crippen LogP contribution in [0.5, 0.6) is 0 Å². The third kappa shape index (κ3) is 4.64. The molecule has 4 aromatic rings. The van der Waals surface area contributed by atoms with Crippen LogP contribution in [0.2, 0.25) is 0 Å². The predicted molar refractivity (Wildman–Crippen MR) is 125 cm³/mol. The second-order valence-corrected chi connectivity index (χ2v) is 9.51. The molecule has 3 aromatic heterocycles. The van der Waals surface area contributed by atoms with Crippen molar-refractivity contribution >= 4 is 54.3 Å². The summed E-state index contributed by atoms with van der Waals surface area (Å²) in [7, 11) is 0. The number of carbonyl (C=O) groups is 1. The molecule has 0 spiro atoms. The normalized spacial score (nSPS) is 16.0. The second-order valence-electron chi connectivity index (χ2n) is 7.52. The van der Waals surface area contributed by atoms with E-state index in [1.807, 2.05) is 43.3 Å². The number of fused-ring (bicyclic) bond motifs is 1. The number of amides is 1. The highest BCUT2D eigenvalue weighted by Crippen LogP contribution is 2.31. The Morgan fingerprint density at radius 2 is 2.10 bits per heavy atom. The number of nitrogens with zero attached hydrogens (tertiary/aromatic N) is 5. The maximum atomic E-state index is 12.3. The van der Waals surface area contributed by atoms with Crippen molar-refractivity contribution in [3.05, 3.63) is 53.7 Å². The van der Waals surface area contributed by atoms with Crippen molar-refractivity contribution in [2.24, 2.45) is 0 Å². The molecular weight excluding hydrogens is 430 g/mol. The van der Waals surface area contributed by atoms with Gasteiger partial charge in [-0.25, -0.2) is 4.98 Å². The Morgan fingerprint density at radius 3 is 2.97 bits per heavy atom. The van der Waals surface area contributed by atoms with Crippen LogP contribution in [0, 0.1) is 6.92 Å². The summed E-state index contributed by atoms with van der Waals surface area (Å²) in [6.45, 7) is 3.78. The summed E-state index contributed by atoms with van der Waals surface area (Å²) in [6, 6.07) is 12.2. The fraction of sp³-hybridized carbons (Fsp3) is 0.286. The summed E-state index contributed by atoms with van der Waals surface area (Å²) in [6.07, 6.45) is 3.07. The van der Waals surface area contributed by atoms with Crippen molar-refractivity contribution in [3.8, 4) is 0 Å². The minimum Gasteiger partial charge on any atom is -0.355 e. The number of rotatable bonds is 6.